The summed E-state index contributed by atoms with van der Waals surface area (Å²) in [7, 11) is 3.40. The first-order valence-electron chi connectivity index (χ1n) is 27.4. The van der Waals surface area contributed by atoms with Crippen LogP contribution in [0.15, 0.2) is 54.6 Å². The molecule has 0 aromatic heterocycles. The Morgan fingerprint density at radius 2 is 0.986 bits per heavy atom. The Morgan fingerprint density at radius 3 is 1.24 bits per heavy atom. The summed E-state index contributed by atoms with van der Waals surface area (Å²) < 4.78 is 21.0. The number of amides is 1. The molecule has 0 unspecified atom stereocenters. The quantitative estimate of drug-likeness (QED) is 0.201. The highest BCUT2D eigenvalue weighted by Gasteiger charge is 2.16. The standard InChI is InChI=1S/C12H18S.C10H14O.C9H18.C7H15NOS.C7H16O.2C5H12.2C4H10O/c1-10-5-7-11(8-6-10)9-13-12(2,3)4;1-9(2)11-8-10-6-4-3-5-7-10;1-8(2)9-6-4-3-5-7-9;1-6(9)8-5-10-7(2,3)4;1-6(2)8-7(3,4)5;2*1-4-5(2)3;2*1-4(2)5-3/h5-8H,9H2,1-4H3;3-7,9H,8H2,1-2H3;8-9H,3-7H2,1-2H3;5H2,1-4H3,(H,8,9);6H,1-5H3;2*5H,4H2,1-3H3;2*4H,1-3H3. The minimum absolute atomic E-state index is 0.0220. The van der Waals surface area contributed by atoms with Gasteiger partial charge in [-0.2, -0.15) is 11.8 Å². The number of hydrogen-bond donors (Lipinski definition) is 1. The summed E-state index contributed by atoms with van der Waals surface area (Å²) >= 11 is 3.72. The van der Waals surface area contributed by atoms with Gasteiger partial charge in [-0.15, -0.1) is 11.8 Å². The summed E-state index contributed by atoms with van der Waals surface area (Å²) in [5, 5.41) is 2.73. The van der Waals surface area contributed by atoms with Crippen LogP contribution in [-0.2, 0) is 36.1 Å². The van der Waals surface area contributed by atoms with Crippen LogP contribution >= 0.6 is 23.5 Å². The van der Waals surface area contributed by atoms with Gasteiger partial charge >= 0.3 is 0 Å². The lowest BCUT2D eigenvalue weighted by Crippen LogP contribution is -2.23. The average molecular weight is 1040 g/mol. The van der Waals surface area contributed by atoms with E-state index < -0.39 is 0 Å². The van der Waals surface area contributed by atoms with E-state index in [2.05, 4.69) is 166 Å². The van der Waals surface area contributed by atoms with E-state index in [0.29, 0.717) is 35.0 Å². The molecule has 6 nitrogen and oxygen atoms in total. The largest absolute Gasteiger partial charge is 0.382 e. The second-order valence-electron chi connectivity index (χ2n) is 23.5. The molecule has 0 radical (unpaired) electrons. The lowest BCUT2D eigenvalue weighted by Gasteiger charge is -2.24. The lowest BCUT2D eigenvalue weighted by atomic mass is 9.82. The molecule has 1 saturated carbocycles. The third-order valence-corrected chi connectivity index (χ3v) is 12.3. The number of ether oxygens (including phenoxy) is 4. The molecule has 0 atom stereocenters. The van der Waals surface area contributed by atoms with Crippen molar-refractivity contribution >= 4 is 29.4 Å². The van der Waals surface area contributed by atoms with E-state index in [1.807, 2.05) is 85.4 Å². The smallest absolute Gasteiger partial charge is 0.217 e. The molecule has 0 heterocycles. The van der Waals surface area contributed by atoms with Crippen LogP contribution in [0, 0.1) is 30.6 Å². The van der Waals surface area contributed by atoms with E-state index in [0.717, 1.165) is 36.0 Å². The molecular weight excluding hydrogens is 915 g/mol. The van der Waals surface area contributed by atoms with Gasteiger partial charge in [0.25, 0.3) is 0 Å². The molecule has 2 aromatic rings. The van der Waals surface area contributed by atoms with E-state index in [1.54, 1.807) is 26.0 Å². The number of aryl methyl sites for hydroxylation is 1. The van der Waals surface area contributed by atoms with Crippen molar-refractivity contribution in [2.45, 2.75) is 284 Å². The molecule has 71 heavy (non-hydrogen) atoms. The van der Waals surface area contributed by atoms with Crippen LogP contribution in [0.5, 0.6) is 0 Å². The second-order valence-corrected chi connectivity index (χ2v) is 27.1. The van der Waals surface area contributed by atoms with Crippen molar-refractivity contribution < 1.29 is 23.7 Å². The molecule has 424 valence electrons. The number of rotatable bonds is 13. The van der Waals surface area contributed by atoms with Crippen LogP contribution in [0.2, 0.25) is 0 Å². The van der Waals surface area contributed by atoms with Gasteiger partial charge in [-0.05, 0) is 118 Å². The SMILES string of the molecule is CC(=O)NCSC(C)(C)C.CC(C)C1CCCCC1.CC(C)OC(C)(C)C.CC(C)OCc1ccccc1.CCC(C)C.CCC(C)C.COC(C)C.COC(C)C.Cc1ccc(CSC(C)(C)C)cc1. The maximum atomic E-state index is 10.4. The van der Waals surface area contributed by atoms with Crippen LogP contribution in [0.3, 0.4) is 0 Å². The van der Waals surface area contributed by atoms with E-state index >= 15 is 0 Å². The predicted molar refractivity (Wildman–Crippen MR) is 327 cm³/mol. The molecule has 2 aromatic carbocycles. The predicted octanol–water partition coefficient (Wildman–Crippen LogP) is 19.9. The summed E-state index contributed by atoms with van der Waals surface area (Å²) in [5.41, 5.74) is 4.02. The summed E-state index contributed by atoms with van der Waals surface area (Å²) in [6, 6.07) is 19.0. The molecule has 0 aliphatic heterocycles. The first kappa shape index (κ1) is 80.8. The number of thioether (sulfide) groups is 2. The van der Waals surface area contributed by atoms with Crippen molar-refractivity contribution in [3.8, 4) is 0 Å². The van der Waals surface area contributed by atoms with Gasteiger partial charge in [0.2, 0.25) is 5.91 Å². The molecular formula is C63H125NO5S2. The molecule has 1 N–H and O–H groups in total. The Labute approximate surface area is 455 Å². The Kier molecular flexibility index (Phi) is 57.6. The van der Waals surface area contributed by atoms with Gasteiger partial charge in [0, 0.05) is 36.4 Å². The Balaban J connectivity index is -0.000000171. The average Bonchev–Trinajstić information content (AvgIpc) is 3.26. The Hall–Kier alpha value is -1.55. The van der Waals surface area contributed by atoms with Gasteiger partial charge in [0.1, 0.15) is 0 Å². The molecule has 0 saturated heterocycles. The van der Waals surface area contributed by atoms with Gasteiger partial charge in [0.15, 0.2) is 0 Å². The zero-order chi connectivity index (χ0) is 56.8. The fraction of sp³-hybridized carbons (Fsp3) is 0.794. The molecule has 1 aliphatic carbocycles. The Morgan fingerprint density at radius 1 is 0.592 bits per heavy atom. The third kappa shape index (κ3) is 85.5. The highest BCUT2D eigenvalue weighted by Crippen LogP contribution is 2.29. The van der Waals surface area contributed by atoms with Crippen LogP contribution < -0.4 is 5.32 Å². The summed E-state index contributed by atoms with van der Waals surface area (Å²) in [4.78, 5) is 10.4. The fourth-order valence-corrected chi connectivity index (χ4v) is 6.18. The number of methoxy groups -OCH3 is 2. The summed E-state index contributed by atoms with van der Waals surface area (Å²) in [6.45, 7) is 57.9. The van der Waals surface area contributed by atoms with Gasteiger partial charge in [-0.25, -0.2) is 0 Å². The zero-order valence-corrected chi connectivity index (χ0v) is 54.4. The topological polar surface area (TPSA) is 66.0 Å². The molecule has 1 amide bonds. The number of carbonyl (C=O) groups is 1. The number of benzene rings is 2. The van der Waals surface area contributed by atoms with Gasteiger partial charge in [-0.1, -0.05) is 202 Å². The van der Waals surface area contributed by atoms with Gasteiger partial charge in [0.05, 0.1) is 42.5 Å². The molecule has 1 fully saturated rings. The third-order valence-electron chi connectivity index (χ3n) is 9.80. The zero-order valence-electron chi connectivity index (χ0n) is 52.7. The van der Waals surface area contributed by atoms with Crippen LogP contribution in [0.25, 0.3) is 0 Å². The van der Waals surface area contributed by atoms with Gasteiger partial charge in [-0.3, -0.25) is 4.79 Å². The maximum absolute atomic E-state index is 10.4. The highest BCUT2D eigenvalue weighted by atomic mass is 32.2. The van der Waals surface area contributed by atoms with E-state index in [1.165, 1.54) is 68.6 Å². The van der Waals surface area contributed by atoms with Gasteiger partial charge < -0.3 is 24.3 Å². The number of nitrogens with one attached hydrogen (secondary N) is 1. The van der Waals surface area contributed by atoms with Crippen molar-refractivity contribution in [2.75, 3.05) is 20.1 Å². The Bertz CT molecular complexity index is 1320. The van der Waals surface area contributed by atoms with Crippen molar-refractivity contribution in [3.05, 3.63) is 71.3 Å². The van der Waals surface area contributed by atoms with Crippen LogP contribution in [0.4, 0.5) is 0 Å². The first-order valence-corrected chi connectivity index (χ1v) is 29.4. The van der Waals surface area contributed by atoms with Crippen molar-refractivity contribution in [1.82, 2.24) is 5.32 Å². The minimum atomic E-state index is 0.0220. The summed E-state index contributed by atoms with van der Waals surface area (Å²) in [5.74, 6) is 5.62. The van der Waals surface area contributed by atoms with E-state index in [4.69, 9.17) is 18.9 Å². The fourth-order valence-electron chi connectivity index (χ4n) is 4.68. The normalized spacial score (nSPS) is 12.4. The van der Waals surface area contributed by atoms with Crippen LogP contribution in [0.1, 0.15) is 242 Å². The first-order chi connectivity index (χ1) is 32.5. The monoisotopic (exact) mass is 1040 g/mol. The maximum Gasteiger partial charge on any atom is 0.217 e. The second kappa shape index (κ2) is 50.6. The molecule has 0 bridgehead atoms. The molecule has 8 heteroatoms. The molecule has 1 aliphatic rings. The highest BCUT2D eigenvalue weighted by molar-refractivity contribution is 8.00. The molecule has 0 spiro atoms. The minimum Gasteiger partial charge on any atom is -0.382 e. The van der Waals surface area contributed by atoms with Crippen molar-refractivity contribution in [3.63, 3.8) is 0 Å². The summed E-state index contributed by atoms with van der Waals surface area (Å²) in [6.07, 6.45) is 11.5. The van der Waals surface area contributed by atoms with E-state index in [9.17, 15) is 4.79 Å². The van der Waals surface area contributed by atoms with Crippen LogP contribution in [-0.4, -0.2) is 65.5 Å². The molecule has 3 rings (SSSR count). The lowest BCUT2D eigenvalue weighted by molar-refractivity contribution is -0.118. The number of hydrogen-bond acceptors (Lipinski definition) is 7. The van der Waals surface area contributed by atoms with Crippen molar-refractivity contribution in [2.24, 2.45) is 23.7 Å². The van der Waals surface area contributed by atoms with Crippen molar-refractivity contribution in [1.29, 1.82) is 0 Å². The van der Waals surface area contributed by atoms with E-state index in [-0.39, 0.29) is 16.3 Å². The number of carbonyl (C=O) groups excluding carboxylic acids is 1.